The third kappa shape index (κ3) is 3.42. The molecular weight excluding hydrogens is 554 g/mol. The Hall–Kier alpha value is -6.27. The van der Waals surface area contributed by atoms with E-state index in [4.69, 9.17) is 19.4 Å². The van der Waals surface area contributed by atoms with Crippen molar-refractivity contribution in [2.45, 2.75) is 0 Å². The average molecular weight is 578 g/mol. The molecule has 45 heavy (non-hydrogen) atoms. The van der Waals surface area contributed by atoms with Crippen LogP contribution in [0.1, 0.15) is 0 Å². The first-order chi connectivity index (χ1) is 22.3. The van der Waals surface area contributed by atoms with E-state index in [1.165, 1.54) is 0 Å². The number of hydrogen-bond donors (Lipinski definition) is 0. The molecule has 4 heterocycles. The van der Waals surface area contributed by atoms with Crippen LogP contribution in [0.25, 0.3) is 88.8 Å². The van der Waals surface area contributed by atoms with Crippen molar-refractivity contribution in [2.24, 2.45) is 0 Å². The summed E-state index contributed by atoms with van der Waals surface area (Å²) in [5.41, 5.74) is 6.59. The molecule has 6 nitrogen and oxygen atoms in total. The molecule has 0 aliphatic rings. The SMILES string of the molecule is c1ccc(-c2nc(-n3c4ccccc4c4ccccc43)nc(-n3c4ccccc4c4ccc5c6ccccc6oc5c43)n2)cc1. The molecule has 10 aromatic rings. The van der Waals surface area contributed by atoms with Gasteiger partial charge in [-0.15, -0.1) is 0 Å². The van der Waals surface area contributed by atoms with Gasteiger partial charge in [0.05, 0.1) is 16.6 Å². The fourth-order valence-electron chi connectivity index (χ4n) is 6.85. The van der Waals surface area contributed by atoms with Crippen molar-refractivity contribution in [1.82, 2.24) is 24.1 Å². The summed E-state index contributed by atoms with van der Waals surface area (Å²) in [6.45, 7) is 0. The summed E-state index contributed by atoms with van der Waals surface area (Å²) in [4.78, 5) is 15.5. The van der Waals surface area contributed by atoms with Crippen LogP contribution in [-0.4, -0.2) is 24.1 Å². The smallest absolute Gasteiger partial charge is 0.240 e. The van der Waals surface area contributed by atoms with Gasteiger partial charge in [0.15, 0.2) is 11.4 Å². The minimum atomic E-state index is 0.528. The largest absolute Gasteiger partial charge is 0.454 e. The standard InChI is InChI=1S/C39H23N5O/c1-2-12-24(13-3-1)37-40-38(43-31-18-8-4-14-25(31)26-15-5-9-19-32(26)43)42-39(41-37)44-33-20-10-6-16-27(33)29-22-23-30-28-17-7-11-21-34(28)45-36(30)35(29)44/h1-23H. The van der Waals surface area contributed by atoms with Crippen LogP contribution < -0.4 is 0 Å². The Kier molecular flexibility index (Phi) is 4.90. The zero-order valence-electron chi connectivity index (χ0n) is 23.9. The maximum Gasteiger partial charge on any atom is 0.240 e. The number of para-hydroxylation sites is 4. The lowest BCUT2D eigenvalue weighted by Crippen LogP contribution is -2.10. The predicted octanol–water partition coefficient (Wildman–Crippen LogP) is 9.63. The molecule has 6 aromatic carbocycles. The fraction of sp³-hybridized carbons (Fsp3) is 0. The van der Waals surface area contributed by atoms with Crippen molar-refractivity contribution >= 4 is 65.6 Å². The van der Waals surface area contributed by atoms with Gasteiger partial charge >= 0.3 is 0 Å². The molecular formula is C39H23N5O. The van der Waals surface area contributed by atoms with Gasteiger partial charge in [-0.2, -0.15) is 15.0 Å². The summed E-state index contributed by atoms with van der Waals surface area (Å²) in [6.07, 6.45) is 0. The predicted molar refractivity (Wildman–Crippen MR) is 181 cm³/mol. The highest BCUT2D eigenvalue weighted by molar-refractivity contribution is 6.21. The lowest BCUT2D eigenvalue weighted by Gasteiger charge is -2.12. The Morgan fingerprint density at radius 1 is 0.400 bits per heavy atom. The first kappa shape index (κ1) is 24.2. The van der Waals surface area contributed by atoms with Gasteiger partial charge in [-0.25, -0.2) is 0 Å². The molecule has 4 aromatic heterocycles. The maximum absolute atomic E-state index is 6.59. The van der Waals surface area contributed by atoms with Gasteiger partial charge in [-0.1, -0.05) is 109 Å². The Balaban J connectivity index is 1.37. The zero-order chi connectivity index (χ0) is 29.5. The van der Waals surface area contributed by atoms with Crippen LogP contribution in [0.5, 0.6) is 0 Å². The molecule has 0 N–H and O–H groups in total. The third-order valence-corrected chi connectivity index (χ3v) is 8.80. The first-order valence-corrected chi connectivity index (χ1v) is 15.0. The number of rotatable bonds is 3. The van der Waals surface area contributed by atoms with Crippen LogP contribution in [0, 0.1) is 0 Å². The van der Waals surface area contributed by atoms with Crippen LogP contribution in [0.15, 0.2) is 144 Å². The van der Waals surface area contributed by atoms with Gasteiger partial charge in [0.2, 0.25) is 11.9 Å². The molecule has 0 fully saturated rings. The van der Waals surface area contributed by atoms with E-state index in [0.717, 1.165) is 71.1 Å². The van der Waals surface area contributed by atoms with Crippen LogP contribution in [0.4, 0.5) is 0 Å². The third-order valence-electron chi connectivity index (χ3n) is 8.80. The van der Waals surface area contributed by atoms with Gasteiger partial charge in [-0.3, -0.25) is 9.13 Å². The highest BCUT2D eigenvalue weighted by atomic mass is 16.3. The van der Waals surface area contributed by atoms with Gasteiger partial charge in [0.25, 0.3) is 0 Å². The van der Waals surface area contributed by atoms with Crippen molar-refractivity contribution in [3.8, 4) is 23.3 Å². The zero-order valence-corrected chi connectivity index (χ0v) is 23.9. The van der Waals surface area contributed by atoms with Crippen molar-refractivity contribution in [2.75, 3.05) is 0 Å². The molecule has 0 amide bonds. The molecule has 0 radical (unpaired) electrons. The highest BCUT2D eigenvalue weighted by Crippen LogP contribution is 2.40. The van der Waals surface area contributed by atoms with Gasteiger partial charge in [0, 0.05) is 37.9 Å². The van der Waals surface area contributed by atoms with Gasteiger partial charge < -0.3 is 4.42 Å². The van der Waals surface area contributed by atoms with Crippen LogP contribution >= 0.6 is 0 Å². The molecule has 0 atom stereocenters. The van der Waals surface area contributed by atoms with Crippen molar-refractivity contribution in [3.63, 3.8) is 0 Å². The molecule has 6 heteroatoms. The monoisotopic (exact) mass is 577 g/mol. The second-order valence-electron chi connectivity index (χ2n) is 11.3. The van der Waals surface area contributed by atoms with Crippen LogP contribution in [0.3, 0.4) is 0 Å². The van der Waals surface area contributed by atoms with Gasteiger partial charge in [-0.05, 0) is 30.3 Å². The molecule has 0 saturated heterocycles. The van der Waals surface area contributed by atoms with E-state index in [9.17, 15) is 0 Å². The summed E-state index contributed by atoms with van der Waals surface area (Å²) in [5.74, 6) is 1.68. The Morgan fingerprint density at radius 2 is 0.911 bits per heavy atom. The molecule has 0 unspecified atom stereocenters. The summed E-state index contributed by atoms with van der Waals surface area (Å²) >= 11 is 0. The Labute approximate surface area is 256 Å². The average Bonchev–Trinajstić information content (AvgIpc) is 3.76. The molecule has 0 bridgehead atoms. The summed E-state index contributed by atoms with van der Waals surface area (Å²) in [6, 6.07) is 47.8. The molecule has 10 rings (SSSR count). The van der Waals surface area contributed by atoms with E-state index in [0.29, 0.717) is 17.7 Å². The number of hydrogen-bond acceptors (Lipinski definition) is 4. The Bertz CT molecular complexity index is 2720. The minimum absolute atomic E-state index is 0.528. The summed E-state index contributed by atoms with van der Waals surface area (Å²) in [5, 5.41) is 6.63. The van der Waals surface area contributed by atoms with E-state index < -0.39 is 0 Å². The van der Waals surface area contributed by atoms with Crippen LogP contribution in [-0.2, 0) is 0 Å². The molecule has 0 aliphatic carbocycles. The highest BCUT2D eigenvalue weighted by Gasteiger charge is 2.23. The van der Waals surface area contributed by atoms with Crippen LogP contribution in [0.2, 0.25) is 0 Å². The lowest BCUT2D eigenvalue weighted by atomic mass is 10.1. The number of fused-ring (bicyclic) bond motifs is 10. The minimum Gasteiger partial charge on any atom is -0.454 e. The number of aromatic nitrogens is 5. The van der Waals surface area contributed by atoms with Crippen molar-refractivity contribution in [1.29, 1.82) is 0 Å². The Morgan fingerprint density at radius 3 is 1.60 bits per heavy atom. The second kappa shape index (κ2) is 9.11. The first-order valence-electron chi connectivity index (χ1n) is 15.0. The quantitative estimate of drug-likeness (QED) is 0.210. The second-order valence-corrected chi connectivity index (χ2v) is 11.3. The number of nitrogens with zero attached hydrogens (tertiary/aromatic N) is 5. The molecule has 0 saturated carbocycles. The molecule has 0 spiro atoms. The van der Waals surface area contributed by atoms with E-state index >= 15 is 0 Å². The number of benzene rings is 6. The van der Waals surface area contributed by atoms with E-state index in [2.05, 4.69) is 100 Å². The van der Waals surface area contributed by atoms with Crippen molar-refractivity contribution < 1.29 is 4.42 Å². The van der Waals surface area contributed by atoms with E-state index in [1.807, 2.05) is 48.5 Å². The fourth-order valence-corrected chi connectivity index (χ4v) is 6.85. The molecule has 210 valence electrons. The normalized spacial score (nSPS) is 12.0. The van der Waals surface area contributed by atoms with Gasteiger partial charge in [0.1, 0.15) is 11.1 Å². The maximum atomic E-state index is 6.59. The number of furan rings is 1. The topological polar surface area (TPSA) is 61.7 Å². The van der Waals surface area contributed by atoms with E-state index in [1.54, 1.807) is 0 Å². The summed E-state index contributed by atoms with van der Waals surface area (Å²) in [7, 11) is 0. The lowest BCUT2D eigenvalue weighted by molar-refractivity contribution is 0.670. The van der Waals surface area contributed by atoms with E-state index in [-0.39, 0.29) is 0 Å². The summed E-state index contributed by atoms with van der Waals surface area (Å²) < 4.78 is 10.9. The van der Waals surface area contributed by atoms with Crippen molar-refractivity contribution in [3.05, 3.63) is 140 Å². The molecule has 0 aliphatic heterocycles.